The zero-order chi connectivity index (χ0) is 16.4. The fourth-order valence-corrected chi connectivity index (χ4v) is 3.30. The molecule has 2 N–H and O–H groups in total. The van der Waals surface area contributed by atoms with Crippen molar-refractivity contribution in [3.8, 4) is 0 Å². The summed E-state index contributed by atoms with van der Waals surface area (Å²) in [5.74, 6) is -1.27. The van der Waals surface area contributed by atoms with Gasteiger partial charge in [0, 0.05) is 4.88 Å². The second kappa shape index (κ2) is 6.35. The Balaban J connectivity index is 2.18. The number of nitrogens with one attached hydrogen (secondary N) is 2. The number of carbonyl (C=O) groups excluding carboxylic acids is 2. The number of hydrogen-bond donors (Lipinski definition) is 2. The Morgan fingerprint density at radius 1 is 1.35 bits per heavy atom. The number of rotatable bonds is 4. The molecule has 118 valence electrons. The maximum atomic E-state index is 12.6. The molecule has 0 amide bonds. The first-order valence-electron chi connectivity index (χ1n) is 6.63. The molecule has 0 fully saturated rings. The lowest BCUT2D eigenvalue weighted by Crippen LogP contribution is -2.45. The number of esters is 1. The lowest BCUT2D eigenvalue weighted by Gasteiger charge is -2.29. The number of methoxy groups -OCH3 is 1. The number of thiophene rings is 1. The molecule has 0 unspecified atom stereocenters. The van der Waals surface area contributed by atoms with Gasteiger partial charge < -0.3 is 19.8 Å². The molecule has 0 aromatic carbocycles. The normalized spacial score (nSPS) is 17.4. The first kappa shape index (κ1) is 15.4. The Kier molecular flexibility index (Phi) is 4.26. The maximum absolute atomic E-state index is 12.6. The van der Waals surface area contributed by atoms with Gasteiger partial charge in [-0.2, -0.15) is 0 Å². The van der Waals surface area contributed by atoms with Gasteiger partial charge in [0.25, 0.3) is 5.78 Å². The van der Waals surface area contributed by atoms with Crippen molar-refractivity contribution in [2.24, 2.45) is 0 Å². The van der Waals surface area contributed by atoms with Gasteiger partial charge in [-0.1, -0.05) is 6.07 Å². The highest BCUT2D eigenvalue weighted by Gasteiger charge is 2.36. The van der Waals surface area contributed by atoms with Gasteiger partial charge in [0.05, 0.1) is 30.7 Å². The average molecular weight is 348 g/mol. The van der Waals surface area contributed by atoms with E-state index in [1.165, 1.54) is 24.7 Å². The van der Waals surface area contributed by atoms with E-state index >= 15 is 0 Å². The van der Waals surface area contributed by atoms with Crippen molar-refractivity contribution in [2.75, 3.05) is 7.11 Å². The second-order valence-corrected chi connectivity index (χ2v) is 6.02. The van der Waals surface area contributed by atoms with Crippen LogP contribution in [0.4, 0.5) is 0 Å². The average Bonchev–Trinajstić information content (AvgIpc) is 3.25. The summed E-state index contributed by atoms with van der Waals surface area (Å²) >= 11 is 6.67. The van der Waals surface area contributed by atoms with Gasteiger partial charge in [0.1, 0.15) is 0 Å². The van der Waals surface area contributed by atoms with Crippen LogP contribution in [0.1, 0.15) is 16.7 Å². The molecule has 1 aliphatic heterocycles. The Bertz CT molecular complexity index is 779. The monoisotopic (exact) mass is 348 g/mol. The summed E-state index contributed by atoms with van der Waals surface area (Å²) in [7, 11) is 1.17. The fraction of sp³-hybridized carbons (Fsp3) is 0.133. The molecule has 2 aromatic heterocycles. The zero-order valence-corrected chi connectivity index (χ0v) is 13.6. The standard InChI is InChI=1S/C15H12N2O4S2/c1-20-14(19)13(18)10-11(8-4-2-6-21-8)16-15(22)17-12(10)9-5-3-7-23-9/h2-7,12H,1H3,(H2,16,17,22)/t12-/m0/s1. The molecule has 1 aliphatic rings. The van der Waals surface area contributed by atoms with E-state index in [1.54, 1.807) is 12.1 Å². The number of hydrogen-bond acceptors (Lipinski definition) is 6. The van der Waals surface area contributed by atoms with Gasteiger partial charge >= 0.3 is 5.97 Å². The van der Waals surface area contributed by atoms with Crippen molar-refractivity contribution < 1.29 is 18.7 Å². The molecule has 23 heavy (non-hydrogen) atoms. The van der Waals surface area contributed by atoms with Gasteiger partial charge in [-0.15, -0.1) is 11.3 Å². The number of Topliss-reactive ketones (excluding diaryl/α,β-unsaturated/α-hetero) is 1. The lowest BCUT2D eigenvalue weighted by atomic mass is 9.96. The van der Waals surface area contributed by atoms with Crippen LogP contribution in [0.3, 0.4) is 0 Å². The van der Waals surface area contributed by atoms with Crippen LogP contribution in [0.25, 0.3) is 5.70 Å². The molecule has 2 aromatic rings. The summed E-state index contributed by atoms with van der Waals surface area (Å²) in [5.41, 5.74) is 0.579. The van der Waals surface area contributed by atoms with E-state index in [2.05, 4.69) is 15.4 Å². The van der Waals surface area contributed by atoms with E-state index in [9.17, 15) is 9.59 Å². The molecule has 0 saturated carbocycles. The highest BCUT2D eigenvalue weighted by atomic mass is 32.1. The second-order valence-electron chi connectivity index (χ2n) is 4.63. The predicted octanol–water partition coefficient (Wildman–Crippen LogP) is 2.01. The number of thiocarbonyl (C=S) groups is 1. The molecule has 0 bridgehead atoms. The van der Waals surface area contributed by atoms with E-state index < -0.39 is 17.8 Å². The van der Waals surface area contributed by atoms with Gasteiger partial charge in [-0.3, -0.25) is 4.79 Å². The van der Waals surface area contributed by atoms with Crippen molar-refractivity contribution in [2.45, 2.75) is 6.04 Å². The lowest BCUT2D eigenvalue weighted by molar-refractivity contribution is -0.150. The van der Waals surface area contributed by atoms with Crippen LogP contribution in [-0.4, -0.2) is 24.0 Å². The molecule has 0 saturated heterocycles. The molecule has 0 aliphatic carbocycles. The first-order valence-corrected chi connectivity index (χ1v) is 7.92. The van der Waals surface area contributed by atoms with Crippen LogP contribution in [0.15, 0.2) is 45.9 Å². The molecule has 8 heteroatoms. The number of ketones is 1. The molecular formula is C15H12N2O4S2. The number of ether oxygens (including phenoxy) is 1. The molecular weight excluding hydrogens is 336 g/mol. The van der Waals surface area contributed by atoms with Crippen LogP contribution >= 0.6 is 23.6 Å². The van der Waals surface area contributed by atoms with E-state index in [1.807, 2.05) is 17.5 Å². The Morgan fingerprint density at radius 2 is 2.17 bits per heavy atom. The van der Waals surface area contributed by atoms with Crippen molar-refractivity contribution in [3.05, 3.63) is 52.1 Å². The largest absolute Gasteiger partial charge is 0.463 e. The summed E-state index contributed by atoms with van der Waals surface area (Å²) < 4.78 is 9.96. The van der Waals surface area contributed by atoms with E-state index in [-0.39, 0.29) is 5.57 Å². The predicted molar refractivity (Wildman–Crippen MR) is 88.6 cm³/mol. The third kappa shape index (κ3) is 2.90. The van der Waals surface area contributed by atoms with Crippen LogP contribution in [0.2, 0.25) is 0 Å². The first-order chi connectivity index (χ1) is 11.1. The molecule has 1 atom stereocenters. The quantitative estimate of drug-likeness (QED) is 0.497. The summed E-state index contributed by atoms with van der Waals surface area (Å²) in [6, 6.07) is 6.55. The SMILES string of the molecule is COC(=O)C(=O)C1=C(c2ccco2)NC(=S)N[C@H]1c1cccs1. The molecule has 6 nitrogen and oxygen atoms in total. The summed E-state index contributed by atoms with van der Waals surface area (Å²) in [6.07, 6.45) is 1.48. The molecule has 0 radical (unpaired) electrons. The van der Waals surface area contributed by atoms with Gasteiger partial charge in [0.2, 0.25) is 0 Å². The summed E-state index contributed by atoms with van der Waals surface area (Å²) in [6.45, 7) is 0. The Morgan fingerprint density at radius 3 is 2.78 bits per heavy atom. The number of carbonyl (C=O) groups is 2. The zero-order valence-electron chi connectivity index (χ0n) is 12.0. The summed E-state index contributed by atoms with van der Waals surface area (Å²) in [5, 5.41) is 8.15. The van der Waals surface area contributed by atoms with E-state index in [4.69, 9.17) is 16.6 Å². The minimum Gasteiger partial charge on any atom is -0.463 e. The maximum Gasteiger partial charge on any atom is 0.379 e. The van der Waals surface area contributed by atoms with Crippen molar-refractivity contribution in [1.29, 1.82) is 0 Å². The Labute approximate surface area is 141 Å². The summed E-state index contributed by atoms with van der Waals surface area (Å²) in [4.78, 5) is 25.2. The van der Waals surface area contributed by atoms with Crippen LogP contribution in [0.5, 0.6) is 0 Å². The highest BCUT2D eigenvalue weighted by Crippen LogP contribution is 2.34. The highest BCUT2D eigenvalue weighted by molar-refractivity contribution is 7.80. The van der Waals surface area contributed by atoms with Crippen LogP contribution < -0.4 is 10.6 Å². The molecule has 0 spiro atoms. The number of furan rings is 1. The minimum atomic E-state index is -0.943. The smallest absolute Gasteiger partial charge is 0.379 e. The van der Waals surface area contributed by atoms with Crippen molar-refractivity contribution in [1.82, 2.24) is 10.6 Å². The van der Waals surface area contributed by atoms with Crippen LogP contribution in [-0.2, 0) is 14.3 Å². The van der Waals surface area contributed by atoms with Gasteiger partial charge in [-0.05, 0) is 35.8 Å². The van der Waals surface area contributed by atoms with Gasteiger partial charge in [0.15, 0.2) is 10.9 Å². The van der Waals surface area contributed by atoms with Crippen molar-refractivity contribution >= 4 is 46.1 Å². The van der Waals surface area contributed by atoms with Gasteiger partial charge in [-0.25, -0.2) is 4.79 Å². The molecule has 3 rings (SSSR count). The Hall–Kier alpha value is -2.45. The fourth-order valence-electron chi connectivity index (χ4n) is 2.30. The van der Waals surface area contributed by atoms with E-state index in [0.717, 1.165) is 4.88 Å². The van der Waals surface area contributed by atoms with Crippen LogP contribution in [0, 0.1) is 0 Å². The van der Waals surface area contributed by atoms with Crippen molar-refractivity contribution in [3.63, 3.8) is 0 Å². The third-order valence-electron chi connectivity index (χ3n) is 3.28. The van der Waals surface area contributed by atoms with E-state index in [0.29, 0.717) is 16.6 Å². The molecule has 3 heterocycles. The minimum absolute atomic E-state index is 0.211. The topological polar surface area (TPSA) is 80.6 Å². The third-order valence-corrected chi connectivity index (χ3v) is 4.44.